The van der Waals surface area contributed by atoms with Gasteiger partial charge >= 0.3 is 0 Å². The molecule has 4 nitrogen and oxygen atoms in total. The van der Waals surface area contributed by atoms with Crippen LogP contribution in [0, 0.1) is 5.82 Å². The summed E-state index contributed by atoms with van der Waals surface area (Å²) in [6, 6.07) is 10.3. The number of halogens is 3. The van der Waals surface area contributed by atoms with Crippen LogP contribution in [0.5, 0.6) is 0 Å². The zero-order chi connectivity index (χ0) is 17.5. The molecule has 0 bridgehead atoms. The van der Waals surface area contributed by atoms with Crippen molar-refractivity contribution in [3.63, 3.8) is 0 Å². The molecule has 0 unspecified atom stereocenters. The minimum atomic E-state index is -0.402. The molecule has 0 aromatic heterocycles. The van der Waals surface area contributed by atoms with E-state index in [2.05, 4.69) is 10.6 Å². The lowest BCUT2D eigenvalue weighted by atomic mass is 10.3. The van der Waals surface area contributed by atoms with Crippen LogP contribution in [0.4, 0.5) is 10.1 Å². The van der Waals surface area contributed by atoms with Crippen molar-refractivity contribution in [1.82, 2.24) is 5.32 Å². The van der Waals surface area contributed by atoms with E-state index in [1.54, 1.807) is 18.2 Å². The second-order valence-electron chi connectivity index (χ2n) is 4.70. The number of nitrogens with one attached hydrogen (secondary N) is 2. The molecule has 0 radical (unpaired) electrons. The molecule has 2 N–H and O–H groups in total. The van der Waals surface area contributed by atoms with Gasteiger partial charge in [-0.2, -0.15) is 0 Å². The van der Waals surface area contributed by atoms with Crippen LogP contribution in [0.3, 0.4) is 0 Å². The minimum Gasteiger partial charge on any atom is -0.346 e. The maximum atomic E-state index is 12.8. The fraction of sp³-hybridized carbons (Fsp3) is 0.125. The van der Waals surface area contributed by atoms with Crippen LogP contribution in [0.1, 0.15) is 0 Å². The Hall–Kier alpha value is -1.76. The predicted octanol–water partition coefficient (Wildman–Crippen LogP) is 3.98. The molecule has 0 aliphatic rings. The van der Waals surface area contributed by atoms with Gasteiger partial charge in [-0.25, -0.2) is 4.39 Å². The standard InChI is InChI=1S/C16H13Cl2FN2O2S/c17-10-1-6-13(18)14(7-10)24-9-16(23)20-8-15(22)21-12-4-2-11(19)3-5-12/h1-7H,8-9H2,(H,20,23)(H,21,22). The Labute approximate surface area is 152 Å². The van der Waals surface area contributed by atoms with Gasteiger partial charge in [-0.05, 0) is 42.5 Å². The molecule has 2 rings (SSSR count). The molecule has 0 fully saturated rings. The number of benzene rings is 2. The van der Waals surface area contributed by atoms with Gasteiger partial charge in [0.2, 0.25) is 11.8 Å². The van der Waals surface area contributed by atoms with Crippen molar-refractivity contribution >= 4 is 52.5 Å². The average Bonchev–Trinajstić information content (AvgIpc) is 2.56. The first-order valence-electron chi connectivity index (χ1n) is 6.84. The van der Waals surface area contributed by atoms with E-state index in [1.165, 1.54) is 36.0 Å². The van der Waals surface area contributed by atoms with Crippen LogP contribution in [0.25, 0.3) is 0 Å². The van der Waals surface area contributed by atoms with E-state index in [-0.39, 0.29) is 18.2 Å². The predicted molar refractivity (Wildman–Crippen MR) is 95.2 cm³/mol. The molecule has 126 valence electrons. The smallest absolute Gasteiger partial charge is 0.243 e. The summed E-state index contributed by atoms with van der Waals surface area (Å²) in [6.45, 7) is -0.181. The molecule has 0 saturated carbocycles. The van der Waals surface area contributed by atoms with Gasteiger partial charge in [0, 0.05) is 15.6 Å². The average molecular weight is 387 g/mol. The van der Waals surface area contributed by atoms with Gasteiger partial charge in [-0.3, -0.25) is 9.59 Å². The third kappa shape index (κ3) is 6.03. The van der Waals surface area contributed by atoms with E-state index >= 15 is 0 Å². The van der Waals surface area contributed by atoms with Gasteiger partial charge in [-0.1, -0.05) is 23.2 Å². The van der Waals surface area contributed by atoms with Crippen molar-refractivity contribution in [2.24, 2.45) is 0 Å². The Bertz CT molecular complexity index is 741. The lowest BCUT2D eigenvalue weighted by Gasteiger charge is -2.08. The first kappa shape index (κ1) is 18.6. The number of amides is 2. The Morgan fingerprint density at radius 3 is 2.46 bits per heavy atom. The summed E-state index contributed by atoms with van der Waals surface area (Å²) in [4.78, 5) is 24.2. The zero-order valence-electron chi connectivity index (χ0n) is 12.3. The van der Waals surface area contributed by atoms with Gasteiger partial charge in [0.1, 0.15) is 5.82 Å². The molecule has 0 atom stereocenters. The van der Waals surface area contributed by atoms with Crippen LogP contribution in [-0.4, -0.2) is 24.1 Å². The molecule has 2 aromatic rings. The molecule has 0 aliphatic heterocycles. The van der Waals surface area contributed by atoms with Crippen LogP contribution in [0.2, 0.25) is 10.0 Å². The number of hydrogen-bond acceptors (Lipinski definition) is 3. The van der Waals surface area contributed by atoms with E-state index in [4.69, 9.17) is 23.2 Å². The van der Waals surface area contributed by atoms with Crippen molar-refractivity contribution in [2.75, 3.05) is 17.6 Å². The normalized spacial score (nSPS) is 10.3. The number of hydrogen-bond donors (Lipinski definition) is 2. The molecule has 2 amide bonds. The summed E-state index contributed by atoms with van der Waals surface area (Å²) in [6.07, 6.45) is 0. The molecule has 0 saturated heterocycles. The van der Waals surface area contributed by atoms with Crippen molar-refractivity contribution in [3.8, 4) is 0 Å². The van der Waals surface area contributed by atoms with Crippen LogP contribution < -0.4 is 10.6 Å². The lowest BCUT2D eigenvalue weighted by molar-refractivity contribution is -0.122. The molecule has 2 aromatic carbocycles. The molecule has 8 heteroatoms. The third-order valence-electron chi connectivity index (χ3n) is 2.83. The maximum Gasteiger partial charge on any atom is 0.243 e. The van der Waals surface area contributed by atoms with Gasteiger partial charge in [-0.15, -0.1) is 11.8 Å². The number of carbonyl (C=O) groups excluding carboxylic acids is 2. The monoisotopic (exact) mass is 386 g/mol. The van der Waals surface area contributed by atoms with Crippen molar-refractivity contribution < 1.29 is 14.0 Å². The first-order valence-corrected chi connectivity index (χ1v) is 8.58. The Kier molecular flexibility index (Phi) is 6.90. The number of rotatable bonds is 6. The highest BCUT2D eigenvalue weighted by Gasteiger charge is 2.09. The van der Waals surface area contributed by atoms with E-state index in [0.717, 1.165) is 0 Å². The second-order valence-corrected chi connectivity index (χ2v) is 6.56. The highest BCUT2D eigenvalue weighted by atomic mass is 35.5. The molecule has 0 aliphatic carbocycles. The third-order valence-corrected chi connectivity index (χ3v) is 4.56. The summed E-state index contributed by atoms with van der Waals surface area (Å²) >= 11 is 13.1. The minimum absolute atomic E-state index is 0.101. The van der Waals surface area contributed by atoms with Crippen LogP contribution in [-0.2, 0) is 9.59 Å². The summed E-state index contributed by atoms with van der Waals surface area (Å²) in [5.41, 5.74) is 0.454. The van der Waals surface area contributed by atoms with E-state index < -0.39 is 11.7 Å². The summed E-state index contributed by atoms with van der Waals surface area (Å²) in [7, 11) is 0. The number of thioether (sulfide) groups is 1. The van der Waals surface area contributed by atoms with Crippen molar-refractivity contribution in [3.05, 3.63) is 58.3 Å². The highest BCUT2D eigenvalue weighted by molar-refractivity contribution is 8.00. The SMILES string of the molecule is O=C(CSc1cc(Cl)ccc1Cl)NCC(=O)Nc1ccc(F)cc1. The Balaban J connectivity index is 1.75. The molecular weight excluding hydrogens is 374 g/mol. The quantitative estimate of drug-likeness (QED) is 0.738. The Morgan fingerprint density at radius 1 is 1.04 bits per heavy atom. The first-order chi connectivity index (χ1) is 11.4. The second kappa shape index (κ2) is 8.92. The molecule has 0 heterocycles. The Morgan fingerprint density at radius 2 is 1.75 bits per heavy atom. The highest BCUT2D eigenvalue weighted by Crippen LogP contribution is 2.29. The zero-order valence-corrected chi connectivity index (χ0v) is 14.6. The molecular formula is C16H13Cl2FN2O2S. The van der Waals surface area contributed by atoms with E-state index in [9.17, 15) is 14.0 Å². The summed E-state index contributed by atoms with van der Waals surface area (Å²) < 4.78 is 12.8. The van der Waals surface area contributed by atoms with Gasteiger partial charge < -0.3 is 10.6 Å². The fourth-order valence-corrected chi connectivity index (χ4v) is 3.02. The number of anilines is 1. The number of carbonyl (C=O) groups is 2. The van der Waals surface area contributed by atoms with Crippen LogP contribution >= 0.6 is 35.0 Å². The largest absolute Gasteiger partial charge is 0.346 e. The summed E-state index contributed by atoms with van der Waals surface area (Å²) in [5, 5.41) is 6.08. The van der Waals surface area contributed by atoms with Crippen molar-refractivity contribution in [2.45, 2.75) is 4.90 Å². The van der Waals surface area contributed by atoms with E-state index in [1.807, 2.05) is 0 Å². The maximum absolute atomic E-state index is 12.8. The van der Waals surface area contributed by atoms with Gasteiger partial charge in [0.15, 0.2) is 0 Å². The van der Waals surface area contributed by atoms with Gasteiger partial charge in [0.05, 0.1) is 17.3 Å². The topological polar surface area (TPSA) is 58.2 Å². The fourth-order valence-electron chi connectivity index (χ4n) is 1.70. The lowest BCUT2D eigenvalue weighted by Crippen LogP contribution is -2.33. The van der Waals surface area contributed by atoms with E-state index in [0.29, 0.717) is 20.6 Å². The van der Waals surface area contributed by atoms with Crippen molar-refractivity contribution in [1.29, 1.82) is 0 Å². The molecule has 24 heavy (non-hydrogen) atoms. The summed E-state index contributed by atoms with van der Waals surface area (Å²) in [5.74, 6) is -1.01. The van der Waals surface area contributed by atoms with Gasteiger partial charge in [0.25, 0.3) is 0 Å². The van der Waals surface area contributed by atoms with Crippen LogP contribution in [0.15, 0.2) is 47.4 Å². The molecule has 0 spiro atoms.